The van der Waals surface area contributed by atoms with Crippen LogP contribution in [0.5, 0.6) is 5.75 Å². The summed E-state index contributed by atoms with van der Waals surface area (Å²) < 4.78 is 5.94. The molecule has 2 aromatic rings. The van der Waals surface area contributed by atoms with Crippen LogP contribution in [0.15, 0.2) is 36.7 Å². The smallest absolute Gasteiger partial charge is 0.142 e. The molecule has 0 N–H and O–H groups in total. The first kappa shape index (κ1) is 15.3. The molecule has 1 aliphatic rings. The Bertz CT molecular complexity index is 702. The van der Waals surface area contributed by atoms with Crippen LogP contribution in [-0.2, 0) is 0 Å². The Morgan fingerprint density at radius 3 is 2.87 bits per heavy atom. The quantitative estimate of drug-likeness (QED) is 0.869. The van der Waals surface area contributed by atoms with Crippen molar-refractivity contribution < 1.29 is 4.74 Å². The van der Waals surface area contributed by atoms with Crippen LogP contribution < -0.4 is 9.64 Å². The molecular formula is C18H20N4O. The maximum atomic E-state index is 8.95. The Kier molecular flexibility index (Phi) is 4.72. The molecule has 23 heavy (non-hydrogen) atoms. The van der Waals surface area contributed by atoms with Gasteiger partial charge in [-0.1, -0.05) is 6.07 Å². The third-order valence-electron chi connectivity index (χ3n) is 4.23. The van der Waals surface area contributed by atoms with Gasteiger partial charge in [-0.15, -0.1) is 0 Å². The molecule has 0 atom stereocenters. The predicted octanol–water partition coefficient (Wildman–Crippen LogP) is 2.95. The van der Waals surface area contributed by atoms with Gasteiger partial charge in [-0.25, -0.2) is 4.98 Å². The van der Waals surface area contributed by atoms with E-state index in [0.29, 0.717) is 11.6 Å². The van der Waals surface area contributed by atoms with Gasteiger partial charge < -0.3 is 9.64 Å². The van der Waals surface area contributed by atoms with E-state index in [2.05, 4.69) is 20.9 Å². The number of aryl methyl sites for hydroxylation is 1. The van der Waals surface area contributed by atoms with E-state index in [-0.39, 0.29) is 0 Å². The largest absolute Gasteiger partial charge is 0.493 e. The molecule has 1 fully saturated rings. The van der Waals surface area contributed by atoms with Gasteiger partial charge in [0.05, 0.1) is 6.61 Å². The summed E-state index contributed by atoms with van der Waals surface area (Å²) in [4.78, 5) is 10.7. The average molecular weight is 308 g/mol. The highest BCUT2D eigenvalue weighted by Crippen LogP contribution is 2.24. The van der Waals surface area contributed by atoms with Crippen LogP contribution >= 0.6 is 0 Å². The standard InChI is InChI=1S/C18H20N4O/c1-14-12-20-8-5-17(14)23-13-15-6-9-22(10-7-15)18-4-2-3-16(11-19)21-18/h2-5,8,12,15H,6-7,9-10,13H2,1H3. The number of aromatic nitrogens is 2. The van der Waals surface area contributed by atoms with Gasteiger partial charge in [0.25, 0.3) is 0 Å². The Labute approximate surface area is 136 Å². The van der Waals surface area contributed by atoms with E-state index in [1.54, 1.807) is 12.3 Å². The number of ether oxygens (including phenoxy) is 1. The average Bonchev–Trinajstić information content (AvgIpc) is 2.61. The molecule has 0 amide bonds. The van der Waals surface area contributed by atoms with Gasteiger partial charge in [-0.3, -0.25) is 4.98 Å². The maximum Gasteiger partial charge on any atom is 0.142 e. The first-order chi connectivity index (χ1) is 11.3. The Morgan fingerprint density at radius 2 is 2.13 bits per heavy atom. The second-order valence-corrected chi connectivity index (χ2v) is 5.88. The van der Waals surface area contributed by atoms with Crippen molar-refractivity contribution in [1.82, 2.24) is 9.97 Å². The van der Waals surface area contributed by atoms with Crippen molar-refractivity contribution in [1.29, 1.82) is 5.26 Å². The molecular weight excluding hydrogens is 288 g/mol. The van der Waals surface area contributed by atoms with E-state index in [1.807, 2.05) is 31.3 Å². The summed E-state index contributed by atoms with van der Waals surface area (Å²) in [5.41, 5.74) is 1.54. The van der Waals surface area contributed by atoms with Crippen LogP contribution in [0.1, 0.15) is 24.1 Å². The van der Waals surface area contributed by atoms with Gasteiger partial charge in [-0.2, -0.15) is 5.26 Å². The molecule has 0 aliphatic carbocycles. The van der Waals surface area contributed by atoms with Gasteiger partial charge in [0.15, 0.2) is 0 Å². The van der Waals surface area contributed by atoms with Crippen molar-refractivity contribution in [2.75, 3.05) is 24.6 Å². The van der Waals surface area contributed by atoms with Crippen molar-refractivity contribution >= 4 is 5.82 Å². The van der Waals surface area contributed by atoms with Gasteiger partial charge in [0, 0.05) is 31.0 Å². The summed E-state index contributed by atoms with van der Waals surface area (Å²) in [5, 5.41) is 8.95. The third-order valence-corrected chi connectivity index (χ3v) is 4.23. The number of pyridine rings is 2. The fourth-order valence-electron chi connectivity index (χ4n) is 2.82. The second kappa shape index (κ2) is 7.10. The molecule has 0 bridgehead atoms. The molecule has 5 heteroatoms. The maximum absolute atomic E-state index is 8.95. The molecule has 0 unspecified atom stereocenters. The lowest BCUT2D eigenvalue weighted by molar-refractivity contribution is 0.221. The molecule has 0 aromatic carbocycles. The summed E-state index contributed by atoms with van der Waals surface area (Å²) in [7, 11) is 0. The lowest BCUT2D eigenvalue weighted by Gasteiger charge is -2.32. The Morgan fingerprint density at radius 1 is 1.30 bits per heavy atom. The number of piperidine rings is 1. The zero-order valence-electron chi connectivity index (χ0n) is 13.3. The summed E-state index contributed by atoms with van der Waals surface area (Å²) in [6.07, 6.45) is 5.73. The minimum Gasteiger partial charge on any atom is -0.493 e. The van der Waals surface area contributed by atoms with E-state index >= 15 is 0 Å². The van der Waals surface area contributed by atoms with Crippen molar-refractivity contribution in [2.24, 2.45) is 5.92 Å². The van der Waals surface area contributed by atoms with Crippen LogP contribution in [0.2, 0.25) is 0 Å². The number of nitriles is 1. The first-order valence-corrected chi connectivity index (χ1v) is 7.92. The van der Waals surface area contributed by atoms with Gasteiger partial charge in [0.1, 0.15) is 23.3 Å². The molecule has 1 aliphatic heterocycles. The molecule has 3 heterocycles. The molecule has 1 saturated heterocycles. The summed E-state index contributed by atoms with van der Waals surface area (Å²) in [6, 6.07) is 9.61. The molecule has 0 saturated carbocycles. The fourth-order valence-corrected chi connectivity index (χ4v) is 2.82. The second-order valence-electron chi connectivity index (χ2n) is 5.88. The molecule has 5 nitrogen and oxygen atoms in total. The van der Waals surface area contributed by atoms with Crippen molar-refractivity contribution in [3.63, 3.8) is 0 Å². The lowest BCUT2D eigenvalue weighted by atomic mass is 9.98. The zero-order valence-corrected chi connectivity index (χ0v) is 13.3. The number of nitrogens with zero attached hydrogens (tertiary/aromatic N) is 4. The minimum atomic E-state index is 0.473. The normalized spacial score (nSPS) is 15.2. The topological polar surface area (TPSA) is 62.0 Å². The van der Waals surface area contributed by atoms with Crippen LogP contribution in [0, 0.1) is 24.2 Å². The van der Waals surface area contributed by atoms with Crippen LogP contribution in [0.3, 0.4) is 0 Å². The van der Waals surface area contributed by atoms with E-state index in [1.165, 1.54) is 0 Å². The van der Waals surface area contributed by atoms with Crippen molar-refractivity contribution in [3.05, 3.63) is 47.9 Å². The summed E-state index contributed by atoms with van der Waals surface area (Å²) >= 11 is 0. The third kappa shape index (κ3) is 3.78. The van der Waals surface area contributed by atoms with Crippen molar-refractivity contribution in [3.8, 4) is 11.8 Å². The first-order valence-electron chi connectivity index (χ1n) is 7.92. The van der Waals surface area contributed by atoms with Crippen molar-refractivity contribution in [2.45, 2.75) is 19.8 Å². The minimum absolute atomic E-state index is 0.473. The number of rotatable bonds is 4. The number of hydrogen-bond donors (Lipinski definition) is 0. The van der Waals surface area contributed by atoms with E-state index in [0.717, 1.165) is 49.7 Å². The molecule has 0 radical (unpaired) electrons. The fraction of sp³-hybridized carbons (Fsp3) is 0.389. The molecule has 2 aromatic heterocycles. The monoisotopic (exact) mass is 308 g/mol. The van der Waals surface area contributed by atoms with E-state index in [9.17, 15) is 0 Å². The zero-order chi connectivity index (χ0) is 16.1. The highest BCUT2D eigenvalue weighted by atomic mass is 16.5. The summed E-state index contributed by atoms with van der Waals surface area (Å²) in [6.45, 7) is 4.65. The highest BCUT2D eigenvalue weighted by Gasteiger charge is 2.21. The predicted molar refractivity (Wildman–Crippen MR) is 88.4 cm³/mol. The highest BCUT2D eigenvalue weighted by molar-refractivity contribution is 5.41. The van der Waals surface area contributed by atoms with Gasteiger partial charge >= 0.3 is 0 Å². The SMILES string of the molecule is Cc1cnccc1OCC1CCN(c2cccc(C#N)n2)CC1. The Hall–Kier alpha value is -2.61. The number of anilines is 1. The van der Waals surface area contributed by atoms with Crippen LogP contribution in [0.4, 0.5) is 5.82 Å². The molecule has 3 rings (SSSR count). The van der Waals surface area contributed by atoms with Gasteiger partial charge in [0.2, 0.25) is 0 Å². The van der Waals surface area contributed by atoms with E-state index < -0.39 is 0 Å². The van der Waals surface area contributed by atoms with Crippen LogP contribution in [-0.4, -0.2) is 29.7 Å². The summed E-state index contributed by atoms with van der Waals surface area (Å²) in [5.74, 6) is 2.37. The Balaban J connectivity index is 1.52. The number of hydrogen-bond acceptors (Lipinski definition) is 5. The molecule has 0 spiro atoms. The lowest BCUT2D eigenvalue weighted by Crippen LogP contribution is -2.36. The molecule has 118 valence electrons. The van der Waals surface area contributed by atoms with Crippen LogP contribution in [0.25, 0.3) is 0 Å². The van der Waals surface area contributed by atoms with Gasteiger partial charge in [-0.05, 0) is 43.9 Å². The van der Waals surface area contributed by atoms with E-state index in [4.69, 9.17) is 10.00 Å².